The van der Waals surface area contributed by atoms with Gasteiger partial charge in [0, 0.05) is 0 Å². The maximum absolute atomic E-state index is 9.90. The van der Waals surface area contributed by atoms with Gasteiger partial charge in [0.25, 0.3) is 10.1 Å². The third kappa shape index (κ3) is 6.61. The van der Waals surface area contributed by atoms with E-state index in [-0.39, 0.29) is 0 Å². The molecular formula is C2H6O3S3. The molecule has 0 aromatic rings. The van der Waals surface area contributed by atoms with Gasteiger partial charge in [0.1, 0.15) is 0 Å². The Kier molecular flexibility index (Phi) is 3.18. The Morgan fingerprint density at radius 3 is 1.88 bits per heavy atom. The van der Waals surface area contributed by atoms with Crippen molar-refractivity contribution in [3.05, 3.63) is 0 Å². The number of rotatable bonds is 2. The Hall–Kier alpha value is 0.610. The van der Waals surface area contributed by atoms with E-state index in [2.05, 4.69) is 25.3 Å². The highest BCUT2D eigenvalue weighted by Crippen LogP contribution is 2.01. The lowest BCUT2D eigenvalue weighted by molar-refractivity contribution is 0.484. The summed E-state index contributed by atoms with van der Waals surface area (Å²) in [5, 5.41) is 0. The molecule has 0 aromatic carbocycles. The maximum atomic E-state index is 9.90. The van der Waals surface area contributed by atoms with Crippen LogP contribution in [0, 0.1) is 0 Å². The lowest BCUT2D eigenvalue weighted by Crippen LogP contribution is -2.09. The van der Waals surface area contributed by atoms with Crippen LogP contribution in [0.25, 0.3) is 0 Å². The molecule has 0 aromatic heterocycles. The third-order valence-electron chi connectivity index (χ3n) is 0.360. The van der Waals surface area contributed by atoms with Gasteiger partial charge in [0.2, 0.25) is 0 Å². The van der Waals surface area contributed by atoms with Gasteiger partial charge in [-0.2, -0.15) is 33.7 Å². The molecule has 0 heterocycles. The van der Waals surface area contributed by atoms with Crippen molar-refractivity contribution in [3.8, 4) is 0 Å². The molecular weight excluding hydrogens is 168 g/mol. The lowest BCUT2D eigenvalue weighted by Gasteiger charge is -1.96. The summed E-state index contributed by atoms with van der Waals surface area (Å²) in [4.78, 5) is 0. The molecule has 0 aliphatic rings. The monoisotopic (exact) mass is 174 g/mol. The molecule has 0 aliphatic heterocycles. The van der Waals surface area contributed by atoms with Crippen molar-refractivity contribution in [2.45, 2.75) is 4.58 Å². The van der Waals surface area contributed by atoms with E-state index >= 15 is 0 Å². The van der Waals surface area contributed by atoms with E-state index in [1.165, 1.54) is 0 Å². The van der Waals surface area contributed by atoms with Gasteiger partial charge >= 0.3 is 0 Å². The highest BCUT2D eigenvalue weighted by molar-refractivity contribution is 8.00. The molecule has 0 saturated heterocycles. The van der Waals surface area contributed by atoms with Crippen LogP contribution in [0.5, 0.6) is 0 Å². The Morgan fingerprint density at radius 2 is 1.88 bits per heavy atom. The zero-order valence-electron chi connectivity index (χ0n) is 3.85. The molecule has 1 N–H and O–H groups in total. The predicted octanol–water partition coefficient (Wildman–Crippen LogP) is 0.0599. The average molecular weight is 174 g/mol. The van der Waals surface area contributed by atoms with Gasteiger partial charge in [-0.15, -0.1) is 0 Å². The Bertz CT molecular complexity index is 146. The van der Waals surface area contributed by atoms with Gasteiger partial charge in [-0.1, -0.05) is 0 Å². The lowest BCUT2D eigenvalue weighted by atomic mass is 10.9. The van der Waals surface area contributed by atoms with Crippen molar-refractivity contribution in [3.63, 3.8) is 0 Å². The zero-order chi connectivity index (χ0) is 6.78. The van der Waals surface area contributed by atoms with Crippen molar-refractivity contribution in [2.75, 3.05) is 5.75 Å². The summed E-state index contributed by atoms with van der Waals surface area (Å²) in [6.07, 6.45) is 0. The van der Waals surface area contributed by atoms with E-state index in [0.717, 1.165) is 0 Å². The molecule has 0 atom stereocenters. The molecule has 0 amide bonds. The van der Waals surface area contributed by atoms with E-state index in [1.54, 1.807) is 0 Å². The van der Waals surface area contributed by atoms with Gasteiger partial charge in [0.15, 0.2) is 0 Å². The Labute approximate surface area is 59.0 Å². The first-order valence-corrected chi connectivity index (χ1v) is 4.37. The largest absolute Gasteiger partial charge is 0.285 e. The van der Waals surface area contributed by atoms with Crippen LogP contribution in [0.3, 0.4) is 0 Å². The molecule has 8 heavy (non-hydrogen) atoms. The number of hydrogen-bond donors (Lipinski definition) is 3. The first-order valence-electron chi connectivity index (χ1n) is 1.73. The molecule has 0 rings (SSSR count). The fourth-order valence-corrected chi connectivity index (χ4v) is 1.70. The van der Waals surface area contributed by atoms with Crippen LogP contribution >= 0.6 is 25.3 Å². The van der Waals surface area contributed by atoms with Crippen LogP contribution in [0.2, 0.25) is 0 Å². The minimum Gasteiger partial charge on any atom is -0.285 e. The summed E-state index contributed by atoms with van der Waals surface area (Å²) in [6, 6.07) is 0. The number of hydrogen-bond acceptors (Lipinski definition) is 4. The van der Waals surface area contributed by atoms with Crippen molar-refractivity contribution in [1.82, 2.24) is 0 Å². The Balaban J connectivity index is 3.75. The second-order valence-corrected chi connectivity index (χ2v) is 4.38. The van der Waals surface area contributed by atoms with E-state index < -0.39 is 20.5 Å². The number of thiol groups is 2. The van der Waals surface area contributed by atoms with E-state index in [9.17, 15) is 8.42 Å². The first-order chi connectivity index (χ1) is 3.42. The van der Waals surface area contributed by atoms with E-state index in [1.807, 2.05) is 0 Å². The highest BCUT2D eigenvalue weighted by atomic mass is 32.2. The highest BCUT2D eigenvalue weighted by Gasteiger charge is 2.07. The van der Waals surface area contributed by atoms with E-state index in [0.29, 0.717) is 0 Å². The molecule has 6 heteroatoms. The Morgan fingerprint density at radius 1 is 1.50 bits per heavy atom. The van der Waals surface area contributed by atoms with Crippen LogP contribution in [-0.2, 0) is 10.1 Å². The van der Waals surface area contributed by atoms with Gasteiger partial charge in [-0.3, -0.25) is 4.55 Å². The summed E-state index contributed by atoms with van der Waals surface area (Å²) in [6.45, 7) is 0. The van der Waals surface area contributed by atoms with Crippen LogP contribution in [0.4, 0.5) is 0 Å². The molecule has 0 saturated carbocycles. The normalized spacial score (nSPS) is 12.5. The third-order valence-corrected chi connectivity index (χ3v) is 1.97. The minimum absolute atomic E-state index is 0.417. The standard InChI is InChI=1S/C2H6O3S3/c3-8(4,5)1-2(6)7/h2,6-7H,1H2,(H,3,4,5). The smallest absolute Gasteiger partial charge is 0.266 e. The van der Waals surface area contributed by atoms with Crippen LogP contribution in [0.1, 0.15) is 0 Å². The first kappa shape index (κ1) is 8.61. The molecule has 3 nitrogen and oxygen atoms in total. The summed E-state index contributed by atoms with van der Waals surface area (Å²) < 4.78 is 27.3. The summed E-state index contributed by atoms with van der Waals surface area (Å²) in [5.41, 5.74) is 0. The van der Waals surface area contributed by atoms with Gasteiger partial charge in [0.05, 0.1) is 10.3 Å². The fraction of sp³-hybridized carbons (Fsp3) is 1.00. The van der Waals surface area contributed by atoms with Crippen molar-refractivity contribution < 1.29 is 13.0 Å². The van der Waals surface area contributed by atoms with Crippen molar-refractivity contribution in [1.29, 1.82) is 0 Å². The van der Waals surface area contributed by atoms with Crippen LogP contribution in [-0.4, -0.2) is 23.3 Å². The second-order valence-electron chi connectivity index (χ2n) is 1.23. The minimum atomic E-state index is -3.88. The molecule has 50 valence electrons. The summed E-state index contributed by atoms with van der Waals surface area (Å²) in [7, 11) is -3.88. The van der Waals surface area contributed by atoms with Gasteiger partial charge in [-0.05, 0) is 0 Å². The van der Waals surface area contributed by atoms with Crippen molar-refractivity contribution in [2.24, 2.45) is 0 Å². The maximum Gasteiger partial charge on any atom is 0.266 e. The molecule has 0 aliphatic carbocycles. The molecule has 0 bridgehead atoms. The van der Waals surface area contributed by atoms with Crippen LogP contribution in [0.15, 0.2) is 0 Å². The summed E-state index contributed by atoms with van der Waals surface area (Å²) >= 11 is 7.23. The molecule has 0 spiro atoms. The summed E-state index contributed by atoms with van der Waals surface area (Å²) in [5.74, 6) is -0.417. The van der Waals surface area contributed by atoms with E-state index in [4.69, 9.17) is 4.55 Å². The average Bonchev–Trinajstić information content (AvgIpc) is 1.21. The second kappa shape index (κ2) is 2.95. The SMILES string of the molecule is O=S(=O)(O)CC(S)S. The molecule has 0 fully saturated rings. The quantitative estimate of drug-likeness (QED) is 0.315. The fourth-order valence-electron chi connectivity index (χ4n) is 0.188. The molecule has 0 radical (unpaired) electrons. The topological polar surface area (TPSA) is 54.4 Å². The van der Waals surface area contributed by atoms with Crippen LogP contribution < -0.4 is 0 Å². The van der Waals surface area contributed by atoms with Gasteiger partial charge < -0.3 is 0 Å². The zero-order valence-corrected chi connectivity index (χ0v) is 6.46. The molecule has 0 unspecified atom stereocenters. The van der Waals surface area contributed by atoms with Crippen molar-refractivity contribution >= 4 is 35.4 Å². The predicted molar refractivity (Wildman–Crippen MR) is 38.2 cm³/mol. The van der Waals surface area contributed by atoms with Gasteiger partial charge in [-0.25, -0.2) is 0 Å².